The molecule has 4 heteroatoms. The molecule has 0 aliphatic heterocycles. The Morgan fingerprint density at radius 1 is 1.07 bits per heavy atom. The third-order valence-corrected chi connectivity index (χ3v) is 2.21. The van der Waals surface area contributed by atoms with E-state index in [0.717, 1.165) is 0 Å². The summed E-state index contributed by atoms with van der Waals surface area (Å²) in [5.74, 6) is 0. The van der Waals surface area contributed by atoms with Crippen molar-refractivity contribution < 1.29 is 15.3 Å². The molecule has 0 aliphatic rings. The van der Waals surface area contributed by atoms with Crippen LogP contribution in [0.2, 0.25) is 0 Å². The molecule has 0 aliphatic carbocycles. The van der Waals surface area contributed by atoms with E-state index in [-0.39, 0.29) is 6.61 Å². The SMILES string of the molecule is CC(O)CN(CC(C)O)C(C)(C)CO. The van der Waals surface area contributed by atoms with E-state index in [4.69, 9.17) is 0 Å². The maximum absolute atomic E-state index is 9.29. The van der Waals surface area contributed by atoms with Crippen LogP contribution >= 0.6 is 0 Å². The maximum atomic E-state index is 9.29. The average molecular weight is 205 g/mol. The number of hydrogen-bond donors (Lipinski definition) is 3. The number of hydrogen-bond acceptors (Lipinski definition) is 4. The molecule has 0 aromatic carbocycles. The fraction of sp³-hybridized carbons (Fsp3) is 1.00. The molecule has 0 amide bonds. The van der Waals surface area contributed by atoms with Gasteiger partial charge in [-0.15, -0.1) is 0 Å². The van der Waals surface area contributed by atoms with Crippen molar-refractivity contribution in [1.82, 2.24) is 4.90 Å². The molecule has 0 bridgehead atoms. The molecule has 0 saturated carbocycles. The van der Waals surface area contributed by atoms with Gasteiger partial charge in [-0.2, -0.15) is 0 Å². The van der Waals surface area contributed by atoms with Crippen LogP contribution < -0.4 is 0 Å². The Balaban J connectivity index is 4.38. The van der Waals surface area contributed by atoms with Crippen molar-refractivity contribution in [2.24, 2.45) is 0 Å². The first kappa shape index (κ1) is 13.8. The highest BCUT2D eigenvalue weighted by molar-refractivity contribution is 4.82. The van der Waals surface area contributed by atoms with Crippen molar-refractivity contribution in [2.75, 3.05) is 19.7 Å². The molecule has 0 heterocycles. The number of nitrogens with zero attached hydrogens (tertiary/aromatic N) is 1. The normalized spacial score (nSPS) is 17.1. The third-order valence-electron chi connectivity index (χ3n) is 2.21. The van der Waals surface area contributed by atoms with Gasteiger partial charge in [0.05, 0.1) is 18.8 Å². The standard InChI is InChI=1S/C10H23NO3/c1-8(13)5-11(6-9(2)14)10(3,4)7-12/h8-9,12-14H,5-7H2,1-4H3. The zero-order chi connectivity index (χ0) is 11.4. The second-order valence-corrected chi connectivity index (χ2v) is 4.57. The van der Waals surface area contributed by atoms with Crippen LogP contribution in [-0.2, 0) is 0 Å². The lowest BCUT2D eigenvalue weighted by molar-refractivity contribution is -0.00286. The largest absolute Gasteiger partial charge is 0.394 e. The van der Waals surface area contributed by atoms with Gasteiger partial charge in [0.1, 0.15) is 0 Å². The minimum absolute atomic E-state index is 0.00639. The van der Waals surface area contributed by atoms with Crippen LogP contribution in [0.4, 0.5) is 0 Å². The summed E-state index contributed by atoms with van der Waals surface area (Å²) in [7, 11) is 0. The van der Waals surface area contributed by atoms with Crippen LogP contribution in [0.25, 0.3) is 0 Å². The van der Waals surface area contributed by atoms with Gasteiger partial charge in [-0.1, -0.05) is 0 Å². The minimum Gasteiger partial charge on any atom is -0.394 e. The molecule has 86 valence electrons. The second-order valence-electron chi connectivity index (χ2n) is 4.57. The van der Waals surface area contributed by atoms with Crippen molar-refractivity contribution in [3.8, 4) is 0 Å². The summed E-state index contributed by atoms with van der Waals surface area (Å²) in [6.07, 6.45) is -0.917. The summed E-state index contributed by atoms with van der Waals surface area (Å²) in [6.45, 7) is 8.09. The Morgan fingerprint density at radius 2 is 1.43 bits per heavy atom. The van der Waals surface area contributed by atoms with Crippen molar-refractivity contribution >= 4 is 0 Å². The van der Waals surface area contributed by atoms with E-state index < -0.39 is 17.7 Å². The van der Waals surface area contributed by atoms with E-state index in [0.29, 0.717) is 13.1 Å². The minimum atomic E-state index is -0.459. The third kappa shape index (κ3) is 4.91. The molecule has 0 radical (unpaired) electrons. The monoisotopic (exact) mass is 205 g/mol. The summed E-state index contributed by atoms with van der Waals surface area (Å²) >= 11 is 0. The Bertz CT molecular complexity index is 147. The van der Waals surface area contributed by atoms with Crippen LogP contribution in [-0.4, -0.2) is 57.7 Å². The van der Waals surface area contributed by atoms with Crippen molar-refractivity contribution in [3.05, 3.63) is 0 Å². The fourth-order valence-corrected chi connectivity index (χ4v) is 1.31. The Labute approximate surface area is 86.2 Å². The summed E-state index contributed by atoms with van der Waals surface area (Å²) in [4.78, 5) is 1.89. The highest BCUT2D eigenvalue weighted by atomic mass is 16.3. The van der Waals surface area contributed by atoms with Crippen molar-refractivity contribution in [1.29, 1.82) is 0 Å². The van der Waals surface area contributed by atoms with E-state index in [1.54, 1.807) is 13.8 Å². The highest BCUT2D eigenvalue weighted by Crippen LogP contribution is 2.14. The molecule has 0 aromatic heterocycles. The first-order valence-electron chi connectivity index (χ1n) is 5.01. The number of aliphatic hydroxyl groups is 3. The molecule has 0 aromatic rings. The molecule has 14 heavy (non-hydrogen) atoms. The predicted octanol–water partition coefficient (Wildman–Crippen LogP) is -0.179. The van der Waals surface area contributed by atoms with Gasteiger partial charge < -0.3 is 15.3 Å². The Morgan fingerprint density at radius 3 is 1.64 bits per heavy atom. The molecule has 3 N–H and O–H groups in total. The molecule has 2 atom stereocenters. The molecule has 0 fully saturated rings. The van der Waals surface area contributed by atoms with Crippen LogP contribution in [0.3, 0.4) is 0 Å². The van der Waals surface area contributed by atoms with Crippen LogP contribution in [0.1, 0.15) is 27.7 Å². The van der Waals surface area contributed by atoms with E-state index >= 15 is 0 Å². The molecule has 0 rings (SSSR count). The molecule has 0 saturated heterocycles. The average Bonchev–Trinajstić information content (AvgIpc) is 2.01. The van der Waals surface area contributed by atoms with Gasteiger partial charge in [-0.3, -0.25) is 4.90 Å². The Kier molecular flexibility index (Phi) is 5.59. The molecule has 2 unspecified atom stereocenters. The number of aliphatic hydroxyl groups excluding tert-OH is 3. The zero-order valence-corrected chi connectivity index (χ0v) is 9.56. The lowest BCUT2D eigenvalue weighted by Crippen LogP contribution is -2.51. The van der Waals surface area contributed by atoms with Gasteiger partial charge in [-0.25, -0.2) is 0 Å². The van der Waals surface area contributed by atoms with Gasteiger partial charge in [0.2, 0.25) is 0 Å². The Hall–Kier alpha value is -0.160. The van der Waals surface area contributed by atoms with Gasteiger partial charge in [0.25, 0.3) is 0 Å². The predicted molar refractivity (Wildman–Crippen MR) is 56.1 cm³/mol. The van der Waals surface area contributed by atoms with Crippen molar-refractivity contribution in [3.63, 3.8) is 0 Å². The van der Waals surface area contributed by atoms with Gasteiger partial charge in [0.15, 0.2) is 0 Å². The highest BCUT2D eigenvalue weighted by Gasteiger charge is 2.27. The molecule has 0 spiro atoms. The van der Waals surface area contributed by atoms with E-state index in [9.17, 15) is 15.3 Å². The van der Waals surface area contributed by atoms with E-state index in [1.165, 1.54) is 0 Å². The van der Waals surface area contributed by atoms with Gasteiger partial charge >= 0.3 is 0 Å². The first-order chi connectivity index (χ1) is 6.29. The second kappa shape index (κ2) is 5.66. The number of β-amino-alcohol motifs (C(OH)–C–C–N with tert-alkyl or cyclic N) is 2. The molecular weight excluding hydrogens is 182 g/mol. The summed E-state index contributed by atoms with van der Waals surface area (Å²) in [6, 6.07) is 0. The zero-order valence-electron chi connectivity index (χ0n) is 9.56. The maximum Gasteiger partial charge on any atom is 0.0639 e. The van der Waals surface area contributed by atoms with Crippen LogP contribution in [0.5, 0.6) is 0 Å². The smallest absolute Gasteiger partial charge is 0.0639 e. The van der Waals surface area contributed by atoms with Crippen molar-refractivity contribution in [2.45, 2.75) is 45.4 Å². The summed E-state index contributed by atoms with van der Waals surface area (Å²) in [5, 5.41) is 27.8. The molecular formula is C10H23NO3. The van der Waals surface area contributed by atoms with E-state index in [1.807, 2.05) is 18.7 Å². The topological polar surface area (TPSA) is 63.9 Å². The van der Waals surface area contributed by atoms with Gasteiger partial charge in [-0.05, 0) is 27.7 Å². The van der Waals surface area contributed by atoms with Crippen LogP contribution in [0.15, 0.2) is 0 Å². The lowest BCUT2D eigenvalue weighted by atomic mass is 10.0. The van der Waals surface area contributed by atoms with Gasteiger partial charge in [0, 0.05) is 18.6 Å². The van der Waals surface area contributed by atoms with E-state index in [2.05, 4.69) is 0 Å². The lowest BCUT2D eigenvalue weighted by Gasteiger charge is -2.38. The van der Waals surface area contributed by atoms with Crippen LogP contribution in [0, 0.1) is 0 Å². The fourth-order valence-electron chi connectivity index (χ4n) is 1.31. The summed E-state index contributed by atoms with van der Waals surface area (Å²) < 4.78 is 0. The first-order valence-corrected chi connectivity index (χ1v) is 5.01. The summed E-state index contributed by atoms with van der Waals surface area (Å²) in [5.41, 5.74) is -0.409. The quantitative estimate of drug-likeness (QED) is 0.563. The number of rotatable bonds is 6. The molecule has 4 nitrogen and oxygen atoms in total.